The van der Waals surface area contributed by atoms with Crippen molar-refractivity contribution in [3.63, 3.8) is 0 Å². The Morgan fingerprint density at radius 1 is 1.03 bits per heavy atom. The second-order valence-electron chi connectivity index (χ2n) is 8.42. The Morgan fingerprint density at radius 2 is 1.81 bits per heavy atom. The maximum atomic E-state index is 13.7. The van der Waals surface area contributed by atoms with E-state index < -0.39 is 10.0 Å². The molecule has 0 saturated carbocycles. The lowest BCUT2D eigenvalue weighted by atomic mass is 10.0. The highest BCUT2D eigenvalue weighted by Gasteiger charge is 2.26. The molecule has 1 aliphatic heterocycles. The topological polar surface area (TPSA) is 67.2 Å². The molecular formula is C24H26N4O2S. The van der Waals surface area contributed by atoms with Crippen LogP contribution in [0, 0.1) is 5.92 Å². The molecular weight excluding hydrogens is 408 g/mol. The number of nitrogens with one attached hydrogen (secondary N) is 1. The lowest BCUT2D eigenvalue weighted by molar-refractivity contribution is 0.369. The fourth-order valence-corrected chi connectivity index (χ4v) is 5.92. The summed E-state index contributed by atoms with van der Waals surface area (Å²) in [4.78, 5) is 7.16. The number of aromatic nitrogens is 2. The van der Waals surface area contributed by atoms with Gasteiger partial charge < -0.3 is 10.2 Å². The summed E-state index contributed by atoms with van der Waals surface area (Å²) in [6.45, 7) is 7.07. The van der Waals surface area contributed by atoms with Gasteiger partial charge in [0, 0.05) is 31.1 Å². The maximum absolute atomic E-state index is 13.7. The van der Waals surface area contributed by atoms with Gasteiger partial charge in [-0.3, -0.25) is 0 Å². The number of benzene rings is 3. The normalized spacial score (nSPS) is 17.6. The molecule has 1 aliphatic rings. The molecule has 7 heteroatoms. The molecule has 1 N–H and O–H groups in total. The molecule has 1 atom stereocenters. The molecule has 1 unspecified atom stereocenters. The largest absolute Gasteiger partial charge is 0.367 e. The molecule has 0 spiro atoms. The zero-order valence-electron chi connectivity index (χ0n) is 17.7. The van der Waals surface area contributed by atoms with E-state index in [9.17, 15) is 8.42 Å². The van der Waals surface area contributed by atoms with Crippen molar-refractivity contribution in [3.05, 3.63) is 67.0 Å². The van der Waals surface area contributed by atoms with Crippen molar-refractivity contribution >= 4 is 37.5 Å². The van der Waals surface area contributed by atoms with Gasteiger partial charge in [0.1, 0.15) is 11.8 Å². The predicted octanol–water partition coefficient (Wildman–Crippen LogP) is 3.86. The molecule has 160 valence electrons. The van der Waals surface area contributed by atoms with E-state index in [4.69, 9.17) is 0 Å². The summed E-state index contributed by atoms with van der Waals surface area (Å²) in [6.07, 6.45) is 1.44. The predicted molar refractivity (Wildman–Crippen MR) is 125 cm³/mol. The fourth-order valence-electron chi connectivity index (χ4n) is 4.42. The van der Waals surface area contributed by atoms with Crippen molar-refractivity contribution in [2.24, 2.45) is 5.92 Å². The van der Waals surface area contributed by atoms with Gasteiger partial charge in [-0.15, -0.1) is 0 Å². The lowest BCUT2D eigenvalue weighted by Crippen LogP contribution is -2.53. The van der Waals surface area contributed by atoms with E-state index in [1.807, 2.05) is 48.5 Å². The standard InChI is InChI=1S/C24H26N4O2S/c1-17(2)20-15-27(14-13-25-20)21-10-6-11-22-24(21)26-16-28(22)31(29,30)23-12-5-8-18-7-3-4-9-19(18)23/h3-12,16-17,20,25H,13-15H2,1-2H3. The Hall–Kier alpha value is -2.90. The number of fused-ring (bicyclic) bond motifs is 2. The number of rotatable bonds is 4. The summed E-state index contributed by atoms with van der Waals surface area (Å²) in [5, 5.41) is 5.18. The van der Waals surface area contributed by atoms with Gasteiger partial charge in [-0.2, -0.15) is 0 Å². The first-order valence-electron chi connectivity index (χ1n) is 10.6. The van der Waals surface area contributed by atoms with Gasteiger partial charge in [-0.1, -0.05) is 56.3 Å². The summed E-state index contributed by atoms with van der Waals surface area (Å²) in [7, 11) is -3.80. The molecule has 1 aromatic heterocycles. The number of para-hydroxylation sites is 1. The highest BCUT2D eigenvalue weighted by molar-refractivity contribution is 7.90. The van der Waals surface area contributed by atoms with Crippen LogP contribution in [0.2, 0.25) is 0 Å². The molecule has 0 aliphatic carbocycles. The fraction of sp³-hybridized carbons (Fsp3) is 0.292. The van der Waals surface area contributed by atoms with E-state index >= 15 is 0 Å². The zero-order valence-corrected chi connectivity index (χ0v) is 18.5. The van der Waals surface area contributed by atoms with Crippen molar-refractivity contribution in [1.82, 2.24) is 14.3 Å². The zero-order chi connectivity index (χ0) is 21.6. The Morgan fingerprint density at radius 3 is 2.65 bits per heavy atom. The SMILES string of the molecule is CC(C)C1CN(c2cccc3c2ncn3S(=O)(=O)c2cccc3ccccc23)CCN1. The van der Waals surface area contributed by atoms with Crippen molar-refractivity contribution in [2.75, 3.05) is 24.5 Å². The van der Waals surface area contributed by atoms with Gasteiger partial charge in [0.15, 0.2) is 0 Å². The van der Waals surface area contributed by atoms with Crippen LogP contribution in [0.3, 0.4) is 0 Å². The van der Waals surface area contributed by atoms with Crippen LogP contribution in [0.4, 0.5) is 5.69 Å². The van der Waals surface area contributed by atoms with E-state index in [-0.39, 0.29) is 4.90 Å². The van der Waals surface area contributed by atoms with E-state index in [0.29, 0.717) is 22.9 Å². The summed E-state index contributed by atoms with van der Waals surface area (Å²) in [5.74, 6) is 0.520. The smallest absolute Gasteiger partial charge is 0.270 e. The Bertz CT molecular complexity index is 1360. The summed E-state index contributed by atoms with van der Waals surface area (Å²) in [5.41, 5.74) is 2.30. The van der Waals surface area contributed by atoms with Crippen LogP contribution < -0.4 is 10.2 Å². The molecule has 3 aromatic carbocycles. The van der Waals surface area contributed by atoms with Crippen molar-refractivity contribution < 1.29 is 8.42 Å². The van der Waals surface area contributed by atoms with Crippen LogP contribution in [-0.2, 0) is 10.0 Å². The number of anilines is 1. The Balaban J connectivity index is 1.62. The Kier molecular flexibility index (Phi) is 4.95. The maximum Gasteiger partial charge on any atom is 0.270 e. The van der Waals surface area contributed by atoms with Gasteiger partial charge in [0.05, 0.1) is 16.1 Å². The summed E-state index contributed by atoms with van der Waals surface area (Å²) >= 11 is 0. The lowest BCUT2D eigenvalue weighted by Gasteiger charge is -2.37. The molecule has 2 heterocycles. The minimum absolute atomic E-state index is 0.289. The van der Waals surface area contributed by atoms with Crippen molar-refractivity contribution in [1.29, 1.82) is 0 Å². The van der Waals surface area contributed by atoms with Gasteiger partial charge >= 0.3 is 0 Å². The molecule has 1 fully saturated rings. The van der Waals surface area contributed by atoms with E-state index in [1.54, 1.807) is 12.1 Å². The number of hydrogen-bond acceptors (Lipinski definition) is 5. The number of nitrogens with zero attached hydrogens (tertiary/aromatic N) is 3. The molecule has 4 aromatic rings. The third-order valence-electron chi connectivity index (χ3n) is 6.16. The quantitative estimate of drug-likeness (QED) is 0.528. The average molecular weight is 435 g/mol. The second-order valence-corrected chi connectivity index (χ2v) is 10.2. The monoisotopic (exact) mass is 434 g/mol. The van der Waals surface area contributed by atoms with Crippen LogP contribution in [0.15, 0.2) is 71.9 Å². The van der Waals surface area contributed by atoms with Crippen LogP contribution >= 0.6 is 0 Å². The van der Waals surface area contributed by atoms with E-state index in [0.717, 1.165) is 36.2 Å². The average Bonchev–Trinajstić information content (AvgIpc) is 3.24. The summed E-state index contributed by atoms with van der Waals surface area (Å²) in [6, 6.07) is 19.1. The van der Waals surface area contributed by atoms with Gasteiger partial charge in [-0.05, 0) is 29.5 Å². The van der Waals surface area contributed by atoms with Gasteiger partial charge in [-0.25, -0.2) is 17.4 Å². The molecule has 5 rings (SSSR count). The third kappa shape index (κ3) is 3.38. The number of imidazole rings is 1. The highest BCUT2D eigenvalue weighted by atomic mass is 32.2. The first kappa shape index (κ1) is 20.0. The Labute approximate surface area is 182 Å². The van der Waals surface area contributed by atoms with Crippen LogP contribution in [0.25, 0.3) is 21.8 Å². The summed E-state index contributed by atoms with van der Waals surface area (Å²) < 4.78 is 28.6. The van der Waals surface area contributed by atoms with E-state index in [1.165, 1.54) is 10.3 Å². The molecule has 0 amide bonds. The minimum Gasteiger partial charge on any atom is -0.367 e. The van der Waals surface area contributed by atoms with Gasteiger partial charge in [0.25, 0.3) is 10.0 Å². The second kappa shape index (κ2) is 7.66. The van der Waals surface area contributed by atoms with Crippen molar-refractivity contribution in [3.8, 4) is 0 Å². The molecule has 0 radical (unpaired) electrons. The van der Waals surface area contributed by atoms with Gasteiger partial charge in [0.2, 0.25) is 0 Å². The molecule has 6 nitrogen and oxygen atoms in total. The van der Waals surface area contributed by atoms with Crippen LogP contribution in [-0.4, -0.2) is 43.1 Å². The minimum atomic E-state index is -3.80. The van der Waals surface area contributed by atoms with Crippen LogP contribution in [0.5, 0.6) is 0 Å². The van der Waals surface area contributed by atoms with E-state index in [2.05, 4.69) is 29.0 Å². The number of piperazine rings is 1. The molecule has 31 heavy (non-hydrogen) atoms. The number of hydrogen-bond donors (Lipinski definition) is 1. The van der Waals surface area contributed by atoms with Crippen LogP contribution in [0.1, 0.15) is 13.8 Å². The van der Waals surface area contributed by atoms with Crippen molar-refractivity contribution in [2.45, 2.75) is 24.8 Å². The highest BCUT2D eigenvalue weighted by Crippen LogP contribution is 2.31. The first-order valence-corrected chi connectivity index (χ1v) is 12.1. The molecule has 0 bridgehead atoms. The first-order chi connectivity index (χ1) is 15.0. The third-order valence-corrected chi connectivity index (χ3v) is 7.88. The molecule has 1 saturated heterocycles.